The standard InChI is InChI=1S/C12H16N2O3S/c1-3-18(16,17)14-7-6-9-8-10(12(15)13-2)4-5-11(9)14/h4-5,8H,3,6-7H2,1-2H3,(H,13,15). The Hall–Kier alpha value is -1.56. The van der Waals surface area contributed by atoms with Gasteiger partial charge in [0.1, 0.15) is 0 Å². The molecule has 0 unspecified atom stereocenters. The van der Waals surface area contributed by atoms with Gasteiger partial charge in [-0.05, 0) is 37.1 Å². The van der Waals surface area contributed by atoms with Crippen molar-refractivity contribution in [1.29, 1.82) is 0 Å². The highest BCUT2D eigenvalue weighted by molar-refractivity contribution is 7.92. The van der Waals surface area contributed by atoms with E-state index in [1.807, 2.05) is 0 Å². The second-order valence-electron chi connectivity index (χ2n) is 4.15. The normalized spacial score (nSPS) is 14.4. The fourth-order valence-corrected chi connectivity index (χ4v) is 3.26. The van der Waals surface area contributed by atoms with Crippen LogP contribution in [0.2, 0.25) is 0 Å². The van der Waals surface area contributed by atoms with Crippen molar-refractivity contribution in [2.24, 2.45) is 0 Å². The van der Waals surface area contributed by atoms with E-state index >= 15 is 0 Å². The van der Waals surface area contributed by atoms with Gasteiger partial charge in [0, 0.05) is 19.2 Å². The van der Waals surface area contributed by atoms with Crippen molar-refractivity contribution in [3.63, 3.8) is 0 Å². The molecular weight excluding hydrogens is 252 g/mol. The molecule has 18 heavy (non-hydrogen) atoms. The first kappa shape index (κ1) is 12.9. The Balaban J connectivity index is 2.40. The first-order valence-corrected chi connectivity index (χ1v) is 7.46. The molecule has 98 valence electrons. The number of rotatable bonds is 3. The van der Waals surface area contributed by atoms with Crippen LogP contribution in [0, 0.1) is 0 Å². The van der Waals surface area contributed by atoms with E-state index in [0.29, 0.717) is 24.2 Å². The smallest absolute Gasteiger partial charge is 0.251 e. The zero-order valence-electron chi connectivity index (χ0n) is 10.4. The lowest BCUT2D eigenvalue weighted by Gasteiger charge is -2.18. The molecule has 0 spiro atoms. The molecule has 0 saturated carbocycles. The van der Waals surface area contributed by atoms with Crippen molar-refractivity contribution in [3.05, 3.63) is 29.3 Å². The summed E-state index contributed by atoms with van der Waals surface area (Å²) < 4.78 is 25.2. The predicted octanol–water partition coefficient (Wildman–Crippen LogP) is 0.758. The van der Waals surface area contributed by atoms with Crippen LogP contribution in [0.1, 0.15) is 22.8 Å². The molecule has 0 saturated heterocycles. The van der Waals surface area contributed by atoms with Gasteiger partial charge >= 0.3 is 0 Å². The molecule has 1 aromatic carbocycles. The Labute approximate surface area is 107 Å². The number of fused-ring (bicyclic) bond motifs is 1. The van der Waals surface area contributed by atoms with Crippen LogP contribution < -0.4 is 9.62 Å². The molecule has 1 aromatic rings. The van der Waals surface area contributed by atoms with Gasteiger partial charge in [-0.2, -0.15) is 0 Å². The molecule has 5 nitrogen and oxygen atoms in total. The number of hydrogen-bond donors (Lipinski definition) is 1. The lowest BCUT2D eigenvalue weighted by molar-refractivity contribution is 0.0963. The largest absolute Gasteiger partial charge is 0.355 e. The van der Waals surface area contributed by atoms with Crippen molar-refractivity contribution in [2.45, 2.75) is 13.3 Å². The van der Waals surface area contributed by atoms with Gasteiger partial charge in [-0.25, -0.2) is 8.42 Å². The van der Waals surface area contributed by atoms with Crippen molar-refractivity contribution in [1.82, 2.24) is 5.32 Å². The minimum absolute atomic E-state index is 0.0869. The highest BCUT2D eigenvalue weighted by Gasteiger charge is 2.28. The number of carbonyl (C=O) groups is 1. The van der Waals surface area contributed by atoms with E-state index in [4.69, 9.17) is 0 Å². The Morgan fingerprint density at radius 1 is 1.44 bits per heavy atom. The number of hydrogen-bond acceptors (Lipinski definition) is 3. The summed E-state index contributed by atoms with van der Waals surface area (Å²) in [5.41, 5.74) is 2.17. The van der Waals surface area contributed by atoms with E-state index in [9.17, 15) is 13.2 Å². The Bertz CT molecular complexity index is 581. The van der Waals surface area contributed by atoms with Crippen LogP contribution in [0.3, 0.4) is 0 Å². The van der Waals surface area contributed by atoms with Crippen molar-refractivity contribution in [3.8, 4) is 0 Å². The maximum Gasteiger partial charge on any atom is 0.251 e. The first-order chi connectivity index (χ1) is 8.49. The SMILES string of the molecule is CCS(=O)(=O)N1CCc2cc(C(=O)NC)ccc21. The molecule has 1 heterocycles. The van der Waals surface area contributed by atoms with Crippen LogP contribution in [0.5, 0.6) is 0 Å². The molecule has 1 aliphatic rings. The second kappa shape index (κ2) is 4.61. The average Bonchev–Trinajstić information content (AvgIpc) is 2.81. The highest BCUT2D eigenvalue weighted by Crippen LogP contribution is 2.31. The summed E-state index contributed by atoms with van der Waals surface area (Å²) in [7, 11) is -1.64. The number of carbonyl (C=O) groups excluding carboxylic acids is 1. The van der Waals surface area contributed by atoms with Gasteiger partial charge in [-0.3, -0.25) is 9.10 Å². The van der Waals surface area contributed by atoms with Gasteiger partial charge in [0.25, 0.3) is 5.91 Å². The van der Waals surface area contributed by atoms with Gasteiger partial charge < -0.3 is 5.32 Å². The summed E-state index contributed by atoms with van der Waals surface area (Å²) in [5, 5.41) is 2.55. The van der Waals surface area contributed by atoms with Crippen LogP contribution in [0.4, 0.5) is 5.69 Å². The molecule has 0 atom stereocenters. The zero-order chi connectivity index (χ0) is 13.3. The summed E-state index contributed by atoms with van der Waals surface area (Å²) in [6.07, 6.45) is 0.652. The summed E-state index contributed by atoms with van der Waals surface area (Å²) in [6.45, 7) is 2.09. The Kier molecular flexibility index (Phi) is 3.30. The molecular formula is C12H16N2O3S. The first-order valence-electron chi connectivity index (χ1n) is 5.85. The number of sulfonamides is 1. The van der Waals surface area contributed by atoms with Crippen molar-refractivity contribution < 1.29 is 13.2 Å². The topological polar surface area (TPSA) is 66.5 Å². The predicted molar refractivity (Wildman–Crippen MR) is 70.3 cm³/mol. The average molecular weight is 268 g/mol. The maximum absolute atomic E-state index is 11.9. The molecule has 0 aliphatic carbocycles. The summed E-state index contributed by atoms with van der Waals surface area (Å²) in [5.74, 6) is -0.0708. The molecule has 0 bridgehead atoms. The van der Waals surface area contributed by atoms with Crippen LogP contribution in [-0.2, 0) is 16.4 Å². The van der Waals surface area contributed by atoms with Crippen molar-refractivity contribution >= 4 is 21.6 Å². The van der Waals surface area contributed by atoms with Crippen molar-refractivity contribution in [2.75, 3.05) is 23.7 Å². The van der Waals surface area contributed by atoms with Crippen LogP contribution in [-0.4, -0.2) is 33.7 Å². The third-order valence-corrected chi connectivity index (χ3v) is 4.90. The van der Waals surface area contributed by atoms with E-state index in [2.05, 4.69) is 5.32 Å². The summed E-state index contributed by atoms with van der Waals surface area (Å²) >= 11 is 0. The van der Waals surface area contributed by atoms with Gasteiger partial charge in [0.15, 0.2) is 0 Å². The van der Waals surface area contributed by atoms with Crippen LogP contribution >= 0.6 is 0 Å². The summed E-state index contributed by atoms with van der Waals surface area (Å²) in [4.78, 5) is 11.5. The van der Waals surface area contributed by atoms with Gasteiger partial charge in [0.05, 0.1) is 11.4 Å². The molecule has 0 fully saturated rings. The molecule has 1 aliphatic heterocycles. The van der Waals surface area contributed by atoms with E-state index in [1.54, 1.807) is 32.2 Å². The van der Waals surface area contributed by atoms with Gasteiger partial charge in [0.2, 0.25) is 10.0 Å². The monoisotopic (exact) mass is 268 g/mol. The zero-order valence-corrected chi connectivity index (χ0v) is 11.3. The van der Waals surface area contributed by atoms with Gasteiger partial charge in [-0.1, -0.05) is 0 Å². The molecule has 1 amide bonds. The molecule has 6 heteroatoms. The fraction of sp³-hybridized carbons (Fsp3) is 0.417. The van der Waals surface area contributed by atoms with E-state index in [-0.39, 0.29) is 11.7 Å². The van der Waals surface area contributed by atoms with E-state index in [0.717, 1.165) is 5.56 Å². The number of amides is 1. The highest BCUT2D eigenvalue weighted by atomic mass is 32.2. The second-order valence-corrected chi connectivity index (χ2v) is 6.33. The minimum atomic E-state index is -3.22. The lowest BCUT2D eigenvalue weighted by Crippen LogP contribution is -2.30. The lowest BCUT2D eigenvalue weighted by atomic mass is 10.1. The van der Waals surface area contributed by atoms with Crippen LogP contribution in [0.15, 0.2) is 18.2 Å². The Morgan fingerprint density at radius 2 is 2.17 bits per heavy atom. The van der Waals surface area contributed by atoms with E-state index < -0.39 is 10.0 Å². The molecule has 2 rings (SSSR count). The third-order valence-electron chi connectivity index (χ3n) is 3.12. The molecule has 0 aromatic heterocycles. The Morgan fingerprint density at radius 3 is 2.78 bits per heavy atom. The van der Waals surface area contributed by atoms with E-state index in [1.165, 1.54) is 4.31 Å². The minimum Gasteiger partial charge on any atom is -0.355 e. The van der Waals surface area contributed by atoms with Gasteiger partial charge in [-0.15, -0.1) is 0 Å². The molecule has 0 radical (unpaired) electrons. The number of nitrogens with one attached hydrogen (secondary N) is 1. The summed E-state index contributed by atoms with van der Waals surface area (Å²) in [6, 6.07) is 5.13. The fourth-order valence-electron chi connectivity index (χ4n) is 2.10. The number of anilines is 1. The third kappa shape index (κ3) is 2.08. The molecule has 1 N–H and O–H groups in total. The number of nitrogens with zero attached hydrogens (tertiary/aromatic N) is 1. The number of benzene rings is 1. The quantitative estimate of drug-likeness (QED) is 0.880. The van der Waals surface area contributed by atoms with Crippen LogP contribution in [0.25, 0.3) is 0 Å². The maximum atomic E-state index is 11.9.